The third-order valence-corrected chi connectivity index (χ3v) is 1.40. The summed E-state index contributed by atoms with van der Waals surface area (Å²) in [6.45, 7) is 0. The maximum absolute atomic E-state index is 10.0. The highest BCUT2D eigenvalue weighted by atomic mass is 16.1. The molecule has 4 heteroatoms. The molecular weight excluding hydrogens is 166 g/mol. The normalized spacial score (nSPS) is 9.54. The van der Waals surface area contributed by atoms with Crippen molar-refractivity contribution in [2.75, 3.05) is 0 Å². The van der Waals surface area contributed by atoms with Crippen LogP contribution in [0.5, 0.6) is 0 Å². The van der Waals surface area contributed by atoms with E-state index in [0.29, 0.717) is 12.0 Å². The van der Waals surface area contributed by atoms with Crippen molar-refractivity contribution in [3.63, 3.8) is 0 Å². The first kappa shape index (κ1) is 9.03. The predicted molar refractivity (Wildman–Crippen MR) is 50.3 cm³/mol. The number of allylic oxidation sites excluding steroid dienone is 1. The molecule has 0 unspecified atom stereocenters. The van der Waals surface area contributed by atoms with Crippen molar-refractivity contribution >= 4 is 18.0 Å². The number of carbonyl (C=O) groups is 1. The van der Waals surface area contributed by atoms with Crippen molar-refractivity contribution in [1.82, 2.24) is 0 Å². The average molecular weight is 173 g/mol. The molecule has 0 saturated carbocycles. The lowest BCUT2D eigenvalue weighted by molar-refractivity contribution is -0.104. The second kappa shape index (κ2) is 4.74. The molecule has 0 N–H and O–H groups in total. The predicted octanol–water partition coefficient (Wildman–Crippen LogP) is 2.84. The zero-order valence-corrected chi connectivity index (χ0v) is 6.79. The Morgan fingerprint density at radius 1 is 1.46 bits per heavy atom. The van der Waals surface area contributed by atoms with Crippen LogP contribution in [0.25, 0.3) is 16.5 Å². The highest BCUT2D eigenvalue weighted by Gasteiger charge is 1.88. The number of nitrogens with zero attached hydrogens (tertiary/aromatic N) is 3. The van der Waals surface area contributed by atoms with Crippen LogP contribution in [0.1, 0.15) is 5.56 Å². The molecule has 0 saturated heterocycles. The maximum atomic E-state index is 10.0. The largest absolute Gasteiger partial charge is 0.299 e. The Balaban J connectivity index is 2.97. The summed E-state index contributed by atoms with van der Waals surface area (Å²) in [5.74, 6) is 0. The van der Waals surface area contributed by atoms with Crippen LogP contribution in [0.2, 0.25) is 0 Å². The van der Waals surface area contributed by atoms with E-state index in [-0.39, 0.29) is 0 Å². The first-order valence-corrected chi connectivity index (χ1v) is 3.64. The minimum atomic E-state index is 0.538. The number of azide groups is 1. The van der Waals surface area contributed by atoms with Gasteiger partial charge in [0, 0.05) is 10.6 Å². The van der Waals surface area contributed by atoms with Crippen LogP contribution in [0, 0.1) is 0 Å². The molecule has 1 aromatic rings. The molecule has 13 heavy (non-hydrogen) atoms. The number of carbonyl (C=O) groups excluding carboxylic acids is 1. The third kappa shape index (κ3) is 2.81. The molecule has 0 aromatic heterocycles. The quantitative estimate of drug-likeness (QED) is 0.228. The summed E-state index contributed by atoms with van der Waals surface area (Å²) in [7, 11) is 0. The molecule has 0 amide bonds. The van der Waals surface area contributed by atoms with Crippen LogP contribution in [0.3, 0.4) is 0 Å². The van der Waals surface area contributed by atoms with Crippen molar-refractivity contribution in [2.45, 2.75) is 0 Å². The van der Waals surface area contributed by atoms with E-state index in [2.05, 4.69) is 10.0 Å². The van der Waals surface area contributed by atoms with Gasteiger partial charge in [0.2, 0.25) is 0 Å². The molecule has 64 valence electrons. The van der Waals surface area contributed by atoms with Crippen LogP contribution >= 0.6 is 0 Å². The highest BCUT2D eigenvalue weighted by molar-refractivity contribution is 5.74. The molecule has 0 bridgehead atoms. The molecule has 1 aromatic carbocycles. The molecule has 0 atom stereocenters. The summed E-state index contributed by atoms with van der Waals surface area (Å²) in [6.07, 6.45) is 3.72. The van der Waals surface area contributed by atoms with Gasteiger partial charge < -0.3 is 0 Å². The fourth-order valence-corrected chi connectivity index (χ4v) is 0.893. The van der Waals surface area contributed by atoms with Gasteiger partial charge in [0.05, 0.1) is 0 Å². The fraction of sp³-hybridized carbons (Fsp3) is 0. The Morgan fingerprint density at radius 3 is 3.00 bits per heavy atom. The lowest BCUT2D eigenvalue weighted by Crippen LogP contribution is -1.70. The van der Waals surface area contributed by atoms with Crippen LogP contribution in [0.15, 0.2) is 35.5 Å². The van der Waals surface area contributed by atoms with Crippen molar-refractivity contribution in [3.8, 4) is 0 Å². The second-order valence-electron chi connectivity index (χ2n) is 2.28. The number of rotatable bonds is 3. The van der Waals surface area contributed by atoms with Gasteiger partial charge in [-0.2, -0.15) is 0 Å². The van der Waals surface area contributed by atoms with Gasteiger partial charge in [-0.1, -0.05) is 29.4 Å². The molecule has 1 rings (SSSR count). The first-order chi connectivity index (χ1) is 6.36. The van der Waals surface area contributed by atoms with Gasteiger partial charge in [0.25, 0.3) is 0 Å². The van der Waals surface area contributed by atoms with E-state index in [1.165, 1.54) is 6.08 Å². The SMILES string of the molecule is [N-]=[N+]=Nc1cccc(/C=C/C=O)c1. The standard InChI is InChI=1S/C9H7N3O/c10-12-11-9-5-1-3-8(7-9)4-2-6-13/h1-7H/b4-2+. The van der Waals surface area contributed by atoms with Gasteiger partial charge in [0.1, 0.15) is 6.29 Å². The summed E-state index contributed by atoms with van der Waals surface area (Å²) in [5.41, 5.74) is 9.54. The lowest BCUT2D eigenvalue weighted by atomic mass is 10.2. The molecule has 0 aliphatic rings. The zero-order chi connectivity index (χ0) is 9.52. The lowest BCUT2D eigenvalue weighted by Gasteiger charge is -1.93. The molecule has 0 aliphatic heterocycles. The van der Waals surface area contributed by atoms with Gasteiger partial charge in [0.15, 0.2) is 0 Å². The Labute approximate surface area is 75.1 Å². The Bertz CT molecular complexity index is 378. The maximum Gasteiger partial charge on any atom is 0.142 e. The second-order valence-corrected chi connectivity index (χ2v) is 2.28. The van der Waals surface area contributed by atoms with Crippen LogP contribution in [-0.4, -0.2) is 6.29 Å². The number of hydrogen-bond acceptors (Lipinski definition) is 2. The number of aldehydes is 1. The van der Waals surface area contributed by atoms with Crippen molar-refractivity contribution in [3.05, 3.63) is 46.3 Å². The molecular formula is C9H7N3O. The summed E-state index contributed by atoms with van der Waals surface area (Å²) < 4.78 is 0. The van der Waals surface area contributed by atoms with Gasteiger partial charge in [-0.15, -0.1) is 0 Å². The van der Waals surface area contributed by atoms with E-state index in [1.807, 2.05) is 6.07 Å². The molecule has 0 spiro atoms. The summed E-state index contributed by atoms with van der Waals surface area (Å²) >= 11 is 0. The van der Waals surface area contributed by atoms with E-state index >= 15 is 0 Å². The fourth-order valence-electron chi connectivity index (χ4n) is 0.893. The van der Waals surface area contributed by atoms with Gasteiger partial charge in [-0.25, -0.2) is 0 Å². The Morgan fingerprint density at radius 2 is 2.31 bits per heavy atom. The first-order valence-electron chi connectivity index (χ1n) is 3.64. The minimum Gasteiger partial charge on any atom is -0.299 e. The molecule has 0 radical (unpaired) electrons. The molecule has 0 fully saturated rings. The Hall–Kier alpha value is -2.06. The summed E-state index contributed by atoms with van der Waals surface area (Å²) in [6, 6.07) is 6.96. The summed E-state index contributed by atoms with van der Waals surface area (Å²) in [5, 5.41) is 3.43. The van der Waals surface area contributed by atoms with E-state index in [9.17, 15) is 4.79 Å². The third-order valence-electron chi connectivity index (χ3n) is 1.40. The topological polar surface area (TPSA) is 65.8 Å². The monoisotopic (exact) mass is 173 g/mol. The highest BCUT2D eigenvalue weighted by Crippen LogP contribution is 2.14. The van der Waals surface area contributed by atoms with E-state index in [0.717, 1.165) is 5.56 Å². The van der Waals surface area contributed by atoms with Gasteiger partial charge in [-0.3, -0.25) is 4.79 Å². The number of benzene rings is 1. The Kier molecular flexibility index (Phi) is 3.30. The van der Waals surface area contributed by atoms with E-state index in [1.54, 1.807) is 24.3 Å². The van der Waals surface area contributed by atoms with Crippen molar-refractivity contribution in [2.24, 2.45) is 5.11 Å². The summed E-state index contributed by atoms with van der Waals surface area (Å²) in [4.78, 5) is 12.7. The van der Waals surface area contributed by atoms with Crippen molar-refractivity contribution < 1.29 is 4.79 Å². The van der Waals surface area contributed by atoms with Crippen LogP contribution < -0.4 is 0 Å². The van der Waals surface area contributed by atoms with E-state index < -0.39 is 0 Å². The van der Waals surface area contributed by atoms with Crippen molar-refractivity contribution in [1.29, 1.82) is 0 Å². The number of hydrogen-bond donors (Lipinski definition) is 0. The minimum absolute atomic E-state index is 0.538. The van der Waals surface area contributed by atoms with Crippen LogP contribution in [0.4, 0.5) is 5.69 Å². The molecule has 4 nitrogen and oxygen atoms in total. The van der Waals surface area contributed by atoms with Gasteiger partial charge in [-0.05, 0) is 23.2 Å². The average Bonchev–Trinajstić information content (AvgIpc) is 2.16. The van der Waals surface area contributed by atoms with E-state index in [4.69, 9.17) is 5.53 Å². The van der Waals surface area contributed by atoms with Crippen LogP contribution in [-0.2, 0) is 4.79 Å². The molecule has 0 aliphatic carbocycles. The zero-order valence-electron chi connectivity index (χ0n) is 6.79. The molecule has 0 heterocycles. The smallest absolute Gasteiger partial charge is 0.142 e. The van der Waals surface area contributed by atoms with Gasteiger partial charge >= 0.3 is 0 Å².